The van der Waals surface area contributed by atoms with E-state index in [4.69, 9.17) is 14.2 Å². The molecular weight excluding hydrogens is 440 g/mol. The second-order valence-corrected chi connectivity index (χ2v) is 12.7. The molecule has 0 amide bonds. The molecule has 4 aliphatic carbocycles. The summed E-state index contributed by atoms with van der Waals surface area (Å²) in [6, 6.07) is 0. The monoisotopic (exact) mass is 478 g/mol. The van der Waals surface area contributed by atoms with Crippen LogP contribution in [-0.2, 0) is 23.8 Å². The lowest BCUT2D eigenvalue weighted by molar-refractivity contribution is -0.332. The standard InChI is InChI=1S/C26H38O8/c1-12-9-16-25(30)13(2)19(29)23(8,33-14(3)27)21(4,5)17(25)15-10-24(15)11-32-22(6,7)34-20(24)26(16,31)18(12)28/h9,13,15-17,19-20,29-31H,10-11H2,1-8H3/t13-,15+,16+,17+,19-,20-,23-,24-,25+,26-/m1/s1. The van der Waals surface area contributed by atoms with Gasteiger partial charge in [-0.1, -0.05) is 26.8 Å². The van der Waals surface area contributed by atoms with Crippen molar-refractivity contribution in [2.45, 2.75) is 96.6 Å². The molecule has 8 nitrogen and oxygen atoms in total. The van der Waals surface area contributed by atoms with Crippen LogP contribution in [-0.4, -0.2) is 68.5 Å². The molecule has 0 bridgehead atoms. The molecule has 1 aliphatic heterocycles. The number of aliphatic hydroxyl groups is 3. The molecule has 0 aromatic carbocycles. The normalized spacial score (nSPS) is 54.6. The molecular formula is C26H38O8. The van der Waals surface area contributed by atoms with Crippen LogP contribution in [0.25, 0.3) is 0 Å². The third kappa shape index (κ3) is 2.51. The Morgan fingerprint density at radius 3 is 2.38 bits per heavy atom. The van der Waals surface area contributed by atoms with Gasteiger partial charge in [-0.2, -0.15) is 0 Å². The van der Waals surface area contributed by atoms with Crippen molar-refractivity contribution in [2.75, 3.05) is 6.61 Å². The molecule has 1 heterocycles. The number of fused-ring (bicyclic) bond motifs is 5. The Labute approximate surface area is 200 Å². The van der Waals surface area contributed by atoms with Crippen molar-refractivity contribution >= 4 is 11.8 Å². The summed E-state index contributed by atoms with van der Waals surface area (Å²) in [6.07, 6.45) is 0.136. The molecule has 8 heteroatoms. The van der Waals surface area contributed by atoms with Gasteiger partial charge in [-0.25, -0.2) is 0 Å². The van der Waals surface area contributed by atoms with Gasteiger partial charge >= 0.3 is 5.97 Å². The molecule has 10 atom stereocenters. The van der Waals surface area contributed by atoms with Gasteiger partial charge in [0.05, 0.1) is 18.3 Å². The van der Waals surface area contributed by atoms with E-state index >= 15 is 0 Å². The van der Waals surface area contributed by atoms with E-state index < -0.39 is 75.1 Å². The molecule has 5 aliphatic rings. The van der Waals surface area contributed by atoms with E-state index in [1.54, 1.807) is 40.7 Å². The Kier molecular flexibility index (Phi) is 4.67. The predicted molar refractivity (Wildman–Crippen MR) is 120 cm³/mol. The Hall–Kier alpha value is -1.32. The van der Waals surface area contributed by atoms with Crippen LogP contribution in [0, 0.1) is 34.5 Å². The average molecular weight is 479 g/mol. The first-order valence-electron chi connectivity index (χ1n) is 12.3. The lowest BCUT2D eigenvalue weighted by atomic mass is 9.46. The zero-order valence-electron chi connectivity index (χ0n) is 21.3. The van der Waals surface area contributed by atoms with E-state index in [0.717, 1.165) is 0 Å². The second-order valence-electron chi connectivity index (χ2n) is 12.7. The summed E-state index contributed by atoms with van der Waals surface area (Å²) in [6.45, 7) is 14.0. The zero-order chi connectivity index (χ0) is 25.4. The number of esters is 1. The maximum atomic E-state index is 13.6. The van der Waals surface area contributed by atoms with Gasteiger partial charge in [0, 0.05) is 35.5 Å². The van der Waals surface area contributed by atoms with Crippen LogP contribution < -0.4 is 0 Å². The summed E-state index contributed by atoms with van der Waals surface area (Å²) in [7, 11) is 0. The number of ketones is 1. The van der Waals surface area contributed by atoms with Crippen molar-refractivity contribution in [3.8, 4) is 0 Å². The molecule has 0 unspecified atom stereocenters. The first-order chi connectivity index (χ1) is 15.4. The highest BCUT2D eigenvalue weighted by Gasteiger charge is 2.85. The largest absolute Gasteiger partial charge is 0.456 e. The van der Waals surface area contributed by atoms with Crippen LogP contribution in [0.2, 0.25) is 0 Å². The predicted octanol–water partition coefficient (Wildman–Crippen LogP) is 1.74. The fourth-order valence-corrected chi connectivity index (χ4v) is 8.37. The third-order valence-corrected chi connectivity index (χ3v) is 10.4. The number of carbonyl (C=O) groups excluding carboxylic acids is 2. The number of hydrogen-bond acceptors (Lipinski definition) is 8. The summed E-state index contributed by atoms with van der Waals surface area (Å²) in [5.41, 5.74) is -6.18. The maximum Gasteiger partial charge on any atom is 0.303 e. The minimum Gasteiger partial charge on any atom is -0.456 e. The minimum atomic E-state index is -2.00. The summed E-state index contributed by atoms with van der Waals surface area (Å²) in [5, 5.41) is 36.6. The van der Waals surface area contributed by atoms with E-state index in [0.29, 0.717) is 12.0 Å². The van der Waals surface area contributed by atoms with Gasteiger partial charge in [-0.3, -0.25) is 9.59 Å². The lowest BCUT2D eigenvalue weighted by Crippen LogP contribution is -2.75. The van der Waals surface area contributed by atoms with Crippen molar-refractivity contribution in [1.82, 2.24) is 0 Å². The van der Waals surface area contributed by atoms with Gasteiger partial charge in [-0.15, -0.1) is 0 Å². The number of rotatable bonds is 1. The molecule has 0 radical (unpaired) electrons. The smallest absolute Gasteiger partial charge is 0.303 e. The van der Waals surface area contributed by atoms with Crippen molar-refractivity contribution in [1.29, 1.82) is 0 Å². The summed E-state index contributed by atoms with van der Waals surface area (Å²) in [4.78, 5) is 25.7. The van der Waals surface area contributed by atoms with Crippen LogP contribution in [0.5, 0.6) is 0 Å². The molecule has 3 N–H and O–H groups in total. The topological polar surface area (TPSA) is 123 Å². The first kappa shape index (κ1) is 24.4. The van der Waals surface area contributed by atoms with Crippen molar-refractivity contribution in [2.24, 2.45) is 34.5 Å². The van der Waals surface area contributed by atoms with E-state index in [1.807, 2.05) is 13.8 Å². The second kappa shape index (κ2) is 6.51. The van der Waals surface area contributed by atoms with Crippen LogP contribution in [0.15, 0.2) is 11.6 Å². The van der Waals surface area contributed by atoms with Crippen molar-refractivity contribution in [3.63, 3.8) is 0 Å². The van der Waals surface area contributed by atoms with Gasteiger partial charge in [0.1, 0.15) is 11.7 Å². The van der Waals surface area contributed by atoms with Gasteiger partial charge in [0.2, 0.25) is 0 Å². The summed E-state index contributed by atoms with van der Waals surface area (Å²) >= 11 is 0. The molecule has 1 saturated heterocycles. The van der Waals surface area contributed by atoms with Crippen LogP contribution in [0.4, 0.5) is 0 Å². The quantitative estimate of drug-likeness (QED) is 0.487. The SMILES string of the molecule is CC(=O)O[C@]1(C)[C@H](O)[C@@H](C)[C@]2(O)[C@@H]3C=C(C)C(=O)[C@@]3(O)[C@@H]3OC(C)(C)OC[C@@]34C[C@H]4[C@H]2C1(C)C. The van der Waals surface area contributed by atoms with Gasteiger partial charge in [-0.05, 0) is 45.6 Å². The van der Waals surface area contributed by atoms with Crippen molar-refractivity contribution < 1.29 is 39.1 Å². The van der Waals surface area contributed by atoms with E-state index in [9.17, 15) is 24.9 Å². The maximum absolute atomic E-state index is 13.6. The van der Waals surface area contributed by atoms with Gasteiger partial charge in [0.15, 0.2) is 17.2 Å². The Morgan fingerprint density at radius 2 is 1.79 bits per heavy atom. The van der Waals surface area contributed by atoms with E-state index in [1.165, 1.54) is 6.92 Å². The Morgan fingerprint density at radius 1 is 1.18 bits per heavy atom. The van der Waals surface area contributed by atoms with Crippen LogP contribution in [0.1, 0.15) is 61.8 Å². The van der Waals surface area contributed by atoms with Crippen LogP contribution in [0.3, 0.4) is 0 Å². The Balaban J connectivity index is 1.77. The molecule has 3 saturated carbocycles. The number of carbonyl (C=O) groups is 2. The third-order valence-electron chi connectivity index (χ3n) is 10.4. The average Bonchev–Trinajstić information content (AvgIpc) is 3.37. The number of ether oxygens (including phenoxy) is 3. The molecule has 34 heavy (non-hydrogen) atoms. The lowest BCUT2D eigenvalue weighted by Gasteiger charge is -2.64. The van der Waals surface area contributed by atoms with Gasteiger partial charge in [0.25, 0.3) is 0 Å². The molecule has 0 aromatic rings. The summed E-state index contributed by atoms with van der Waals surface area (Å²) < 4.78 is 18.2. The number of hydrogen-bond donors (Lipinski definition) is 3. The molecule has 1 spiro atoms. The summed E-state index contributed by atoms with van der Waals surface area (Å²) in [5.74, 6) is -4.47. The highest BCUT2D eigenvalue weighted by Crippen LogP contribution is 2.76. The molecule has 5 rings (SSSR count). The van der Waals surface area contributed by atoms with Crippen LogP contribution >= 0.6 is 0 Å². The fraction of sp³-hybridized carbons (Fsp3) is 0.846. The zero-order valence-corrected chi connectivity index (χ0v) is 21.3. The number of Topliss-reactive ketones (excluding diaryl/α,β-unsaturated/α-hetero) is 1. The highest BCUT2D eigenvalue weighted by atomic mass is 16.7. The van der Waals surface area contributed by atoms with Crippen molar-refractivity contribution in [3.05, 3.63) is 11.6 Å². The Bertz CT molecular complexity index is 1000. The molecule has 190 valence electrons. The van der Waals surface area contributed by atoms with E-state index in [2.05, 4.69) is 0 Å². The van der Waals surface area contributed by atoms with E-state index in [-0.39, 0.29) is 12.5 Å². The van der Waals surface area contributed by atoms with Gasteiger partial charge < -0.3 is 29.5 Å². The number of aliphatic hydroxyl groups excluding tert-OH is 1. The molecule has 4 fully saturated rings. The highest BCUT2D eigenvalue weighted by molar-refractivity contribution is 6.05. The fourth-order valence-electron chi connectivity index (χ4n) is 8.37. The molecule has 0 aromatic heterocycles. The first-order valence-corrected chi connectivity index (χ1v) is 12.3. The minimum absolute atomic E-state index is 0.172.